The summed E-state index contributed by atoms with van der Waals surface area (Å²) in [5, 5.41) is 11.1. The Balaban J connectivity index is 1.92. The van der Waals surface area contributed by atoms with Crippen molar-refractivity contribution >= 4 is 49.7 Å². The molecule has 1 amide bonds. The Kier molecular flexibility index (Phi) is 2.65. The van der Waals surface area contributed by atoms with Crippen molar-refractivity contribution < 1.29 is 4.79 Å². The molecular weight excluding hydrogens is 270 g/mol. The molecule has 0 aliphatic heterocycles. The van der Waals surface area contributed by atoms with Gasteiger partial charge in [-0.2, -0.15) is 0 Å². The Morgan fingerprint density at radius 3 is 3.00 bits per heavy atom. The highest BCUT2D eigenvalue weighted by molar-refractivity contribution is 7.21. The lowest BCUT2D eigenvalue weighted by Gasteiger charge is -1.95. The van der Waals surface area contributed by atoms with Crippen molar-refractivity contribution in [3.63, 3.8) is 0 Å². The largest absolute Gasteiger partial charge is 0.399 e. The summed E-state index contributed by atoms with van der Waals surface area (Å²) < 4.78 is 4.59. The standard InChI is InChI=1S/C10H7N5OS2/c11-6-1-2-7-5(3-6)4-8(17-7)9(16)12-10-13-14-15-18-10/h1-4H,11H2,(H,12,13,15,16). The van der Waals surface area contributed by atoms with E-state index in [9.17, 15) is 4.79 Å². The minimum absolute atomic E-state index is 0.215. The molecule has 3 rings (SSSR count). The average molecular weight is 277 g/mol. The van der Waals surface area contributed by atoms with E-state index in [-0.39, 0.29) is 5.91 Å². The van der Waals surface area contributed by atoms with Crippen molar-refractivity contribution in [1.82, 2.24) is 14.8 Å². The van der Waals surface area contributed by atoms with Gasteiger partial charge in [0.2, 0.25) is 5.13 Å². The number of thiophene rings is 1. The molecule has 0 atom stereocenters. The highest BCUT2D eigenvalue weighted by Crippen LogP contribution is 2.27. The molecule has 0 fully saturated rings. The van der Waals surface area contributed by atoms with Crippen molar-refractivity contribution in [3.8, 4) is 0 Å². The molecule has 0 saturated heterocycles. The summed E-state index contributed by atoms with van der Waals surface area (Å²) in [6.07, 6.45) is 0. The fourth-order valence-corrected chi connectivity index (χ4v) is 2.81. The molecule has 3 aromatic rings. The number of amides is 1. The van der Waals surface area contributed by atoms with Crippen molar-refractivity contribution in [3.05, 3.63) is 29.1 Å². The molecule has 0 bridgehead atoms. The molecular formula is C10H7N5OS2. The summed E-state index contributed by atoms with van der Waals surface area (Å²) in [4.78, 5) is 12.5. The zero-order chi connectivity index (χ0) is 12.5. The summed E-state index contributed by atoms with van der Waals surface area (Å²) in [7, 11) is 0. The lowest BCUT2D eigenvalue weighted by molar-refractivity contribution is 0.103. The smallest absolute Gasteiger partial charge is 0.267 e. The number of nitrogen functional groups attached to an aromatic ring is 1. The first-order valence-corrected chi connectivity index (χ1v) is 6.57. The lowest BCUT2D eigenvalue weighted by atomic mass is 10.2. The van der Waals surface area contributed by atoms with Gasteiger partial charge < -0.3 is 5.73 Å². The van der Waals surface area contributed by atoms with Crippen molar-refractivity contribution in [2.45, 2.75) is 0 Å². The van der Waals surface area contributed by atoms with Crippen LogP contribution >= 0.6 is 22.9 Å². The fraction of sp³-hybridized carbons (Fsp3) is 0. The first-order chi connectivity index (χ1) is 8.72. The van der Waals surface area contributed by atoms with Crippen LogP contribution in [-0.2, 0) is 0 Å². The predicted molar refractivity (Wildman–Crippen MR) is 71.9 cm³/mol. The van der Waals surface area contributed by atoms with Gasteiger partial charge in [-0.25, -0.2) is 0 Å². The van der Waals surface area contributed by atoms with Crippen LogP contribution in [0, 0.1) is 0 Å². The monoisotopic (exact) mass is 277 g/mol. The van der Waals surface area contributed by atoms with Crippen LogP contribution in [0.15, 0.2) is 24.3 Å². The fourth-order valence-electron chi connectivity index (χ4n) is 1.51. The Labute approximate surface area is 110 Å². The molecule has 8 heteroatoms. The number of rotatable bonds is 2. The van der Waals surface area contributed by atoms with Crippen LogP contribution in [0.3, 0.4) is 0 Å². The lowest BCUT2D eigenvalue weighted by Crippen LogP contribution is -2.09. The van der Waals surface area contributed by atoms with E-state index in [1.807, 2.05) is 18.2 Å². The second-order valence-electron chi connectivity index (χ2n) is 3.53. The van der Waals surface area contributed by atoms with E-state index in [0.29, 0.717) is 15.7 Å². The first kappa shape index (κ1) is 11.1. The van der Waals surface area contributed by atoms with Gasteiger partial charge in [-0.1, -0.05) is 9.59 Å². The molecule has 0 aliphatic rings. The average Bonchev–Trinajstić information content (AvgIpc) is 2.96. The molecule has 0 unspecified atom stereocenters. The Morgan fingerprint density at radius 1 is 1.33 bits per heavy atom. The number of nitrogens with zero attached hydrogens (tertiary/aromatic N) is 3. The normalized spacial score (nSPS) is 10.7. The van der Waals surface area contributed by atoms with Crippen LogP contribution in [0.25, 0.3) is 10.1 Å². The van der Waals surface area contributed by atoms with Crippen molar-refractivity contribution in [2.24, 2.45) is 0 Å². The number of hydrogen-bond acceptors (Lipinski definition) is 7. The van der Waals surface area contributed by atoms with Gasteiger partial charge >= 0.3 is 0 Å². The van der Waals surface area contributed by atoms with Crippen molar-refractivity contribution in [2.75, 3.05) is 11.1 Å². The van der Waals surface area contributed by atoms with Crippen LogP contribution in [0.5, 0.6) is 0 Å². The maximum Gasteiger partial charge on any atom is 0.267 e. The number of carbonyl (C=O) groups excluding carboxylic acids is 1. The molecule has 6 nitrogen and oxygen atoms in total. The molecule has 0 aliphatic carbocycles. The Hall–Kier alpha value is -2.06. The van der Waals surface area contributed by atoms with E-state index in [1.54, 1.807) is 6.07 Å². The third-order valence-electron chi connectivity index (χ3n) is 2.28. The number of fused-ring (bicyclic) bond motifs is 1. The summed E-state index contributed by atoms with van der Waals surface area (Å²) in [5.41, 5.74) is 6.38. The van der Waals surface area contributed by atoms with Crippen LogP contribution < -0.4 is 11.1 Å². The molecule has 0 radical (unpaired) electrons. The molecule has 18 heavy (non-hydrogen) atoms. The van der Waals surface area contributed by atoms with Crippen LogP contribution in [-0.4, -0.2) is 20.7 Å². The van der Waals surface area contributed by atoms with E-state index in [4.69, 9.17) is 5.73 Å². The highest BCUT2D eigenvalue weighted by atomic mass is 32.1. The molecule has 2 aromatic heterocycles. The summed E-state index contributed by atoms with van der Waals surface area (Å²) in [6, 6.07) is 7.36. The number of benzene rings is 1. The van der Waals surface area contributed by atoms with Gasteiger partial charge in [0.25, 0.3) is 5.91 Å². The molecule has 90 valence electrons. The van der Waals surface area contributed by atoms with E-state index in [0.717, 1.165) is 21.6 Å². The van der Waals surface area contributed by atoms with Crippen molar-refractivity contribution in [1.29, 1.82) is 0 Å². The summed E-state index contributed by atoms with van der Waals surface area (Å²) in [5.74, 6) is -0.215. The van der Waals surface area contributed by atoms with Crippen LogP contribution in [0.2, 0.25) is 0 Å². The molecule has 0 spiro atoms. The molecule has 0 saturated carbocycles. The highest BCUT2D eigenvalue weighted by Gasteiger charge is 2.12. The number of aromatic nitrogens is 3. The van der Waals surface area contributed by atoms with Crippen LogP contribution in [0.1, 0.15) is 9.67 Å². The van der Waals surface area contributed by atoms with Gasteiger partial charge in [0, 0.05) is 21.9 Å². The topological polar surface area (TPSA) is 93.8 Å². The first-order valence-electron chi connectivity index (χ1n) is 4.98. The maximum atomic E-state index is 11.9. The molecule has 2 heterocycles. The SMILES string of the molecule is Nc1ccc2sc(C(=O)Nc3nnns3)cc2c1. The van der Waals surface area contributed by atoms with E-state index < -0.39 is 0 Å². The third-order valence-corrected chi connectivity index (χ3v) is 3.91. The quantitative estimate of drug-likeness (QED) is 0.698. The third kappa shape index (κ3) is 2.03. The Bertz CT molecular complexity index is 706. The van der Waals surface area contributed by atoms with E-state index in [1.165, 1.54) is 11.3 Å². The maximum absolute atomic E-state index is 11.9. The number of nitrogens with two attached hydrogens (primary N) is 1. The van der Waals surface area contributed by atoms with Gasteiger partial charge in [-0.05, 0) is 34.9 Å². The second-order valence-corrected chi connectivity index (χ2v) is 5.35. The molecule has 1 aromatic carbocycles. The van der Waals surface area contributed by atoms with Gasteiger partial charge in [0.05, 0.1) is 4.88 Å². The molecule has 3 N–H and O–H groups in total. The van der Waals surface area contributed by atoms with Crippen LogP contribution in [0.4, 0.5) is 10.8 Å². The predicted octanol–water partition coefficient (Wildman–Crippen LogP) is 1.98. The van der Waals surface area contributed by atoms with E-state index >= 15 is 0 Å². The number of carbonyl (C=O) groups is 1. The van der Waals surface area contributed by atoms with Gasteiger partial charge in [-0.15, -0.1) is 11.3 Å². The summed E-state index contributed by atoms with van der Waals surface area (Å²) >= 11 is 2.44. The number of nitrogens with one attached hydrogen (secondary N) is 1. The van der Waals surface area contributed by atoms with E-state index in [2.05, 4.69) is 20.1 Å². The zero-order valence-corrected chi connectivity index (χ0v) is 10.6. The minimum atomic E-state index is -0.215. The summed E-state index contributed by atoms with van der Waals surface area (Å²) in [6.45, 7) is 0. The second kappa shape index (κ2) is 4.31. The van der Waals surface area contributed by atoms with Gasteiger partial charge in [-0.3, -0.25) is 10.1 Å². The number of anilines is 2. The van der Waals surface area contributed by atoms with Gasteiger partial charge in [0.1, 0.15) is 0 Å². The van der Waals surface area contributed by atoms with Gasteiger partial charge in [0.15, 0.2) is 0 Å². The Morgan fingerprint density at radius 2 is 2.22 bits per heavy atom. The minimum Gasteiger partial charge on any atom is -0.399 e. The zero-order valence-electron chi connectivity index (χ0n) is 8.95. The number of hydrogen-bond donors (Lipinski definition) is 2.